The number of rotatable bonds is 4. The molecule has 4 aromatic rings. The van der Waals surface area contributed by atoms with Gasteiger partial charge in [-0.1, -0.05) is 17.8 Å². The SMILES string of the molecule is Cc1cc(C)cc(-n2nnnc2SCc2cc(=O)oc3c(C)c(O)ccc23)c1. The van der Waals surface area contributed by atoms with Gasteiger partial charge in [0.1, 0.15) is 11.3 Å². The second kappa shape index (κ2) is 7.12. The molecular weight excluding hydrogens is 376 g/mol. The molecule has 7 nitrogen and oxygen atoms in total. The zero-order valence-corrected chi connectivity index (χ0v) is 16.4. The number of fused-ring (bicyclic) bond motifs is 1. The van der Waals surface area contributed by atoms with Crippen LogP contribution in [0.3, 0.4) is 0 Å². The van der Waals surface area contributed by atoms with Crippen molar-refractivity contribution in [1.29, 1.82) is 0 Å². The summed E-state index contributed by atoms with van der Waals surface area (Å²) < 4.78 is 6.99. The molecule has 142 valence electrons. The quantitative estimate of drug-likeness (QED) is 0.417. The minimum atomic E-state index is -0.453. The third-order valence-electron chi connectivity index (χ3n) is 4.47. The molecule has 0 saturated heterocycles. The summed E-state index contributed by atoms with van der Waals surface area (Å²) in [5, 5.41) is 23.3. The summed E-state index contributed by atoms with van der Waals surface area (Å²) in [5.41, 5.74) is 4.44. The molecule has 0 atom stereocenters. The highest BCUT2D eigenvalue weighted by Gasteiger charge is 2.14. The zero-order chi connectivity index (χ0) is 19.8. The van der Waals surface area contributed by atoms with E-state index < -0.39 is 5.63 Å². The lowest BCUT2D eigenvalue weighted by molar-refractivity contribution is 0.468. The van der Waals surface area contributed by atoms with E-state index in [2.05, 4.69) is 21.6 Å². The molecule has 2 aromatic carbocycles. The lowest BCUT2D eigenvalue weighted by atomic mass is 10.1. The van der Waals surface area contributed by atoms with Crippen molar-refractivity contribution < 1.29 is 9.52 Å². The Morgan fingerprint density at radius 1 is 1.11 bits per heavy atom. The monoisotopic (exact) mass is 394 g/mol. The number of aromatic hydroxyl groups is 1. The van der Waals surface area contributed by atoms with E-state index in [1.807, 2.05) is 26.0 Å². The number of benzene rings is 2. The highest BCUT2D eigenvalue weighted by molar-refractivity contribution is 7.98. The molecule has 0 amide bonds. The van der Waals surface area contributed by atoms with Crippen molar-refractivity contribution >= 4 is 22.7 Å². The van der Waals surface area contributed by atoms with E-state index in [9.17, 15) is 9.90 Å². The number of nitrogens with zero attached hydrogens (tertiary/aromatic N) is 4. The first-order valence-corrected chi connectivity index (χ1v) is 9.66. The van der Waals surface area contributed by atoms with Crippen LogP contribution in [0.1, 0.15) is 22.3 Å². The smallest absolute Gasteiger partial charge is 0.336 e. The highest BCUT2D eigenvalue weighted by Crippen LogP contribution is 2.30. The second-order valence-electron chi connectivity index (χ2n) is 6.68. The number of hydrogen-bond acceptors (Lipinski definition) is 7. The summed E-state index contributed by atoms with van der Waals surface area (Å²) in [6.45, 7) is 5.78. The van der Waals surface area contributed by atoms with Crippen LogP contribution in [0.25, 0.3) is 16.7 Å². The second-order valence-corrected chi connectivity index (χ2v) is 7.63. The van der Waals surface area contributed by atoms with Gasteiger partial charge in [-0.05, 0) is 72.2 Å². The maximum absolute atomic E-state index is 12.0. The minimum Gasteiger partial charge on any atom is -0.508 e. The predicted molar refractivity (Wildman–Crippen MR) is 107 cm³/mol. The van der Waals surface area contributed by atoms with Crippen molar-refractivity contribution in [2.24, 2.45) is 0 Å². The van der Waals surface area contributed by atoms with Crippen molar-refractivity contribution in [1.82, 2.24) is 20.2 Å². The molecule has 0 radical (unpaired) electrons. The van der Waals surface area contributed by atoms with E-state index in [1.54, 1.807) is 23.7 Å². The minimum absolute atomic E-state index is 0.0965. The van der Waals surface area contributed by atoms with Crippen molar-refractivity contribution in [3.8, 4) is 11.4 Å². The van der Waals surface area contributed by atoms with Gasteiger partial charge in [0.15, 0.2) is 0 Å². The van der Waals surface area contributed by atoms with Crippen molar-refractivity contribution in [3.63, 3.8) is 0 Å². The largest absolute Gasteiger partial charge is 0.508 e. The van der Waals surface area contributed by atoms with Crippen LogP contribution in [-0.4, -0.2) is 25.3 Å². The van der Waals surface area contributed by atoms with Gasteiger partial charge in [-0.3, -0.25) is 0 Å². The van der Waals surface area contributed by atoms with Crippen LogP contribution in [-0.2, 0) is 5.75 Å². The summed E-state index contributed by atoms with van der Waals surface area (Å²) in [6, 6.07) is 11.0. The molecular formula is C20H18N4O3S. The Morgan fingerprint density at radius 2 is 1.86 bits per heavy atom. The lowest BCUT2D eigenvalue weighted by Crippen LogP contribution is -2.02. The molecule has 0 aliphatic carbocycles. The highest BCUT2D eigenvalue weighted by atomic mass is 32.2. The van der Waals surface area contributed by atoms with Gasteiger partial charge in [0, 0.05) is 22.8 Å². The first-order valence-electron chi connectivity index (χ1n) is 8.67. The maximum Gasteiger partial charge on any atom is 0.336 e. The van der Waals surface area contributed by atoms with Gasteiger partial charge in [-0.2, -0.15) is 4.68 Å². The van der Waals surface area contributed by atoms with E-state index in [0.717, 1.165) is 27.8 Å². The third-order valence-corrected chi connectivity index (χ3v) is 5.43. The summed E-state index contributed by atoms with van der Waals surface area (Å²) in [5.74, 6) is 0.580. The number of aryl methyl sites for hydroxylation is 3. The summed E-state index contributed by atoms with van der Waals surface area (Å²) >= 11 is 1.43. The number of phenols is 1. The Balaban J connectivity index is 1.69. The fraction of sp³-hybridized carbons (Fsp3) is 0.200. The summed E-state index contributed by atoms with van der Waals surface area (Å²) in [7, 11) is 0. The fourth-order valence-corrected chi connectivity index (χ4v) is 4.06. The average molecular weight is 394 g/mol. The fourth-order valence-electron chi connectivity index (χ4n) is 3.18. The molecule has 0 unspecified atom stereocenters. The Labute approximate surface area is 165 Å². The number of aromatic nitrogens is 4. The van der Waals surface area contributed by atoms with Gasteiger partial charge in [-0.15, -0.1) is 5.10 Å². The molecule has 8 heteroatoms. The van der Waals surface area contributed by atoms with Crippen molar-refractivity contribution in [3.05, 3.63) is 69.1 Å². The Morgan fingerprint density at radius 3 is 2.61 bits per heavy atom. The predicted octanol–water partition coefficient (Wildman–Crippen LogP) is 3.69. The molecule has 4 rings (SSSR count). The van der Waals surface area contributed by atoms with Gasteiger partial charge >= 0.3 is 5.63 Å². The summed E-state index contributed by atoms with van der Waals surface area (Å²) in [4.78, 5) is 12.0. The Bertz CT molecular complexity index is 1230. The van der Waals surface area contributed by atoms with Crippen LogP contribution in [0.5, 0.6) is 5.75 Å². The van der Waals surface area contributed by atoms with Crippen LogP contribution in [0, 0.1) is 20.8 Å². The summed E-state index contributed by atoms with van der Waals surface area (Å²) in [6.07, 6.45) is 0. The van der Waals surface area contributed by atoms with Crippen LogP contribution in [0.2, 0.25) is 0 Å². The van der Waals surface area contributed by atoms with E-state index >= 15 is 0 Å². The molecule has 0 saturated carbocycles. The Hall–Kier alpha value is -3.13. The first-order chi connectivity index (χ1) is 13.4. The molecule has 28 heavy (non-hydrogen) atoms. The van der Waals surface area contributed by atoms with E-state index in [1.165, 1.54) is 17.8 Å². The van der Waals surface area contributed by atoms with Gasteiger partial charge in [0.25, 0.3) is 0 Å². The third kappa shape index (κ3) is 3.38. The molecule has 2 aromatic heterocycles. The lowest BCUT2D eigenvalue weighted by Gasteiger charge is -2.09. The van der Waals surface area contributed by atoms with Gasteiger partial charge in [-0.25, -0.2) is 4.79 Å². The van der Waals surface area contributed by atoms with Crippen LogP contribution >= 0.6 is 11.8 Å². The van der Waals surface area contributed by atoms with Gasteiger partial charge in [0.2, 0.25) is 5.16 Å². The number of hydrogen-bond donors (Lipinski definition) is 1. The number of phenolic OH excluding ortho intramolecular Hbond substituents is 1. The van der Waals surface area contributed by atoms with Crippen LogP contribution < -0.4 is 5.63 Å². The normalized spacial score (nSPS) is 11.2. The number of thioether (sulfide) groups is 1. The van der Waals surface area contributed by atoms with Crippen LogP contribution in [0.4, 0.5) is 0 Å². The van der Waals surface area contributed by atoms with E-state index in [-0.39, 0.29) is 5.75 Å². The zero-order valence-electron chi connectivity index (χ0n) is 15.6. The van der Waals surface area contributed by atoms with Crippen molar-refractivity contribution in [2.45, 2.75) is 31.7 Å². The van der Waals surface area contributed by atoms with Gasteiger partial charge < -0.3 is 9.52 Å². The topological polar surface area (TPSA) is 94.0 Å². The van der Waals surface area contributed by atoms with E-state index in [4.69, 9.17) is 4.42 Å². The van der Waals surface area contributed by atoms with Crippen molar-refractivity contribution in [2.75, 3.05) is 0 Å². The maximum atomic E-state index is 12.0. The molecule has 0 aliphatic rings. The molecule has 0 spiro atoms. The molecule has 0 bridgehead atoms. The number of tetrazole rings is 1. The molecule has 0 fully saturated rings. The van der Waals surface area contributed by atoms with Crippen LogP contribution in [0.15, 0.2) is 50.8 Å². The standard InChI is InChI=1S/C20H18N4O3S/c1-11-6-12(2)8-15(7-11)24-20(21-22-23-24)28-10-14-9-18(26)27-19-13(3)17(25)5-4-16(14)19/h4-9,25H,10H2,1-3H3. The molecule has 2 heterocycles. The van der Waals surface area contributed by atoms with Gasteiger partial charge in [0.05, 0.1) is 5.69 Å². The first kappa shape index (κ1) is 18.2. The Kier molecular flexibility index (Phi) is 4.64. The van der Waals surface area contributed by atoms with E-state index in [0.29, 0.717) is 22.1 Å². The molecule has 1 N–H and O–H groups in total. The molecule has 0 aliphatic heterocycles. The average Bonchev–Trinajstić information content (AvgIpc) is 3.11.